The summed E-state index contributed by atoms with van der Waals surface area (Å²) in [5.41, 5.74) is 6.03. The summed E-state index contributed by atoms with van der Waals surface area (Å²) in [6.07, 6.45) is 0.136. The molecule has 0 bridgehead atoms. The molecule has 4 nitrogen and oxygen atoms in total. The average Bonchev–Trinajstić information content (AvgIpc) is 2.31. The molecule has 3 N–H and O–H groups in total. The Balaban J connectivity index is 2.68. The summed E-state index contributed by atoms with van der Waals surface area (Å²) in [6, 6.07) is 5.46. The summed E-state index contributed by atoms with van der Waals surface area (Å²) in [5, 5.41) is 11.0. The van der Waals surface area contributed by atoms with Crippen molar-refractivity contribution in [2.24, 2.45) is 11.7 Å². The average molecular weight is 249 g/mol. The van der Waals surface area contributed by atoms with Crippen LogP contribution < -0.4 is 11.1 Å². The van der Waals surface area contributed by atoms with Crippen LogP contribution in [-0.2, 0) is 4.79 Å². The maximum atomic E-state index is 13.5. The zero-order valence-corrected chi connectivity index (χ0v) is 10.4. The van der Waals surface area contributed by atoms with Gasteiger partial charge in [-0.1, -0.05) is 13.8 Å². The van der Waals surface area contributed by atoms with Crippen LogP contribution in [0, 0.1) is 23.1 Å². The topological polar surface area (TPSA) is 78.9 Å². The van der Waals surface area contributed by atoms with E-state index in [0.29, 0.717) is 0 Å². The Morgan fingerprint density at radius 2 is 2.22 bits per heavy atom. The lowest BCUT2D eigenvalue weighted by Crippen LogP contribution is -2.31. The van der Waals surface area contributed by atoms with Gasteiger partial charge < -0.3 is 11.1 Å². The van der Waals surface area contributed by atoms with E-state index < -0.39 is 5.82 Å². The van der Waals surface area contributed by atoms with Crippen LogP contribution in [0.1, 0.15) is 25.8 Å². The number of carbonyl (C=O) groups is 1. The van der Waals surface area contributed by atoms with Crippen molar-refractivity contribution >= 4 is 11.6 Å². The maximum Gasteiger partial charge on any atom is 0.226 e. The molecule has 96 valence electrons. The molecule has 1 rings (SSSR count). The SMILES string of the molecule is CC(C)C(N)CC(=O)Nc1ccc(C#N)cc1F. The number of hydrogen-bond donors (Lipinski definition) is 2. The molecule has 1 atom stereocenters. The fourth-order valence-electron chi connectivity index (χ4n) is 1.34. The van der Waals surface area contributed by atoms with E-state index in [1.54, 1.807) is 0 Å². The minimum absolute atomic E-state index is 0.0648. The fourth-order valence-corrected chi connectivity index (χ4v) is 1.34. The molecule has 0 heterocycles. The Bertz CT molecular complexity index is 480. The van der Waals surface area contributed by atoms with E-state index in [1.807, 2.05) is 19.9 Å². The molecule has 1 aromatic rings. The first-order valence-electron chi connectivity index (χ1n) is 5.69. The van der Waals surface area contributed by atoms with E-state index in [2.05, 4.69) is 5.32 Å². The molecule has 0 aliphatic heterocycles. The monoisotopic (exact) mass is 249 g/mol. The van der Waals surface area contributed by atoms with Crippen LogP contribution in [0.15, 0.2) is 18.2 Å². The van der Waals surface area contributed by atoms with Crippen molar-refractivity contribution in [1.82, 2.24) is 0 Å². The molecule has 18 heavy (non-hydrogen) atoms. The first-order chi connectivity index (χ1) is 8.43. The van der Waals surface area contributed by atoms with Crippen LogP contribution >= 0.6 is 0 Å². The molecule has 1 unspecified atom stereocenters. The number of anilines is 1. The van der Waals surface area contributed by atoms with Crippen molar-refractivity contribution in [3.8, 4) is 6.07 Å². The number of nitrogens with two attached hydrogens (primary N) is 1. The quantitative estimate of drug-likeness (QED) is 0.856. The van der Waals surface area contributed by atoms with Gasteiger partial charge in [0.1, 0.15) is 5.82 Å². The van der Waals surface area contributed by atoms with Crippen molar-refractivity contribution in [2.45, 2.75) is 26.3 Å². The second-order valence-corrected chi connectivity index (χ2v) is 4.47. The summed E-state index contributed by atoms with van der Waals surface area (Å²) in [6.45, 7) is 3.83. The number of halogens is 1. The molecule has 0 aliphatic carbocycles. The van der Waals surface area contributed by atoms with Gasteiger partial charge in [-0.05, 0) is 24.1 Å². The van der Waals surface area contributed by atoms with E-state index in [4.69, 9.17) is 11.0 Å². The minimum Gasteiger partial charge on any atom is -0.327 e. The molecule has 0 radical (unpaired) electrons. The van der Waals surface area contributed by atoms with Gasteiger partial charge in [-0.15, -0.1) is 0 Å². The first-order valence-corrected chi connectivity index (χ1v) is 5.69. The lowest BCUT2D eigenvalue weighted by molar-refractivity contribution is -0.116. The molecule has 1 aromatic carbocycles. The fraction of sp³-hybridized carbons (Fsp3) is 0.385. The summed E-state index contributed by atoms with van der Waals surface area (Å²) < 4.78 is 13.5. The molecule has 0 aromatic heterocycles. The number of nitrogens with one attached hydrogen (secondary N) is 1. The lowest BCUT2D eigenvalue weighted by Gasteiger charge is -2.15. The van der Waals surface area contributed by atoms with Gasteiger partial charge in [0.25, 0.3) is 0 Å². The number of rotatable bonds is 4. The van der Waals surface area contributed by atoms with Gasteiger partial charge in [-0.2, -0.15) is 5.26 Å². The van der Waals surface area contributed by atoms with Crippen molar-refractivity contribution in [3.63, 3.8) is 0 Å². The van der Waals surface area contributed by atoms with Gasteiger partial charge in [0, 0.05) is 12.5 Å². The van der Waals surface area contributed by atoms with Gasteiger partial charge in [0.05, 0.1) is 17.3 Å². The van der Waals surface area contributed by atoms with E-state index in [9.17, 15) is 9.18 Å². The Hall–Kier alpha value is -1.93. The minimum atomic E-state index is -0.625. The van der Waals surface area contributed by atoms with Crippen LogP contribution in [0.25, 0.3) is 0 Å². The molecular weight excluding hydrogens is 233 g/mol. The first kappa shape index (κ1) is 14.1. The predicted molar refractivity (Wildman–Crippen MR) is 67.2 cm³/mol. The number of benzene rings is 1. The standard InChI is InChI=1S/C13H16FN3O/c1-8(2)11(16)6-13(18)17-12-4-3-9(7-15)5-10(12)14/h3-5,8,11H,6,16H2,1-2H3,(H,17,18). The van der Waals surface area contributed by atoms with Gasteiger partial charge in [0.2, 0.25) is 5.91 Å². The number of nitriles is 1. The third-order valence-electron chi connectivity index (χ3n) is 2.65. The zero-order chi connectivity index (χ0) is 13.7. The van der Waals surface area contributed by atoms with Crippen molar-refractivity contribution in [2.75, 3.05) is 5.32 Å². The molecule has 0 fully saturated rings. The molecule has 5 heteroatoms. The molecule has 0 aliphatic rings. The molecule has 0 saturated heterocycles. The van der Waals surface area contributed by atoms with Crippen LogP contribution in [0.3, 0.4) is 0 Å². The number of amides is 1. The highest BCUT2D eigenvalue weighted by Crippen LogP contribution is 2.16. The van der Waals surface area contributed by atoms with Gasteiger partial charge in [-0.3, -0.25) is 4.79 Å². The molecule has 0 saturated carbocycles. The highest BCUT2D eigenvalue weighted by molar-refractivity contribution is 5.91. The van der Waals surface area contributed by atoms with Crippen molar-refractivity contribution < 1.29 is 9.18 Å². The van der Waals surface area contributed by atoms with E-state index in [1.165, 1.54) is 12.1 Å². The second kappa shape index (κ2) is 6.12. The summed E-state index contributed by atoms with van der Waals surface area (Å²) in [4.78, 5) is 11.6. The lowest BCUT2D eigenvalue weighted by atomic mass is 10.0. The number of hydrogen-bond acceptors (Lipinski definition) is 3. The Morgan fingerprint density at radius 3 is 2.72 bits per heavy atom. The van der Waals surface area contributed by atoms with Gasteiger partial charge >= 0.3 is 0 Å². The molecule has 1 amide bonds. The third kappa shape index (κ3) is 3.82. The summed E-state index contributed by atoms with van der Waals surface area (Å²) in [5.74, 6) is -0.776. The smallest absolute Gasteiger partial charge is 0.226 e. The molecular formula is C13H16FN3O. The van der Waals surface area contributed by atoms with Gasteiger partial charge in [-0.25, -0.2) is 4.39 Å². The largest absolute Gasteiger partial charge is 0.327 e. The van der Waals surface area contributed by atoms with E-state index >= 15 is 0 Å². The maximum absolute atomic E-state index is 13.5. The number of nitrogens with zero attached hydrogens (tertiary/aromatic N) is 1. The van der Waals surface area contributed by atoms with Crippen molar-refractivity contribution in [3.05, 3.63) is 29.6 Å². The third-order valence-corrected chi connectivity index (χ3v) is 2.65. The summed E-state index contributed by atoms with van der Waals surface area (Å²) >= 11 is 0. The Morgan fingerprint density at radius 1 is 1.56 bits per heavy atom. The highest BCUT2D eigenvalue weighted by atomic mass is 19.1. The van der Waals surface area contributed by atoms with E-state index in [-0.39, 0.29) is 35.5 Å². The zero-order valence-electron chi connectivity index (χ0n) is 10.4. The van der Waals surface area contributed by atoms with Crippen LogP contribution in [-0.4, -0.2) is 11.9 Å². The van der Waals surface area contributed by atoms with Crippen LogP contribution in [0.5, 0.6) is 0 Å². The van der Waals surface area contributed by atoms with Crippen LogP contribution in [0.4, 0.5) is 10.1 Å². The number of carbonyl (C=O) groups excluding carboxylic acids is 1. The second-order valence-electron chi connectivity index (χ2n) is 4.47. The molecule has 0 spiro atoms. The Labute approximate surface area is 106 Å². The normalized spacial score (nSPS) is 12.0. The van der Waals surface area contributed by atoms with Crippen molar-refractivity contribution in [1.29, 1.82) is 5.26 Å². The predicted octanol–water partition coefficient (Wildman–Crippen LogP) is 2.01. The van der Waals surface area contributed by atoms with Crippen LogP contribution in [0.2, 0.25) is 0 Å². The Kier molecular flexibility index (Phi) is 4.81. The summed E-state index contributed by atoms with van der Waals surface area (Å²) in [7, 11) is 0. The van der Waals surface area contributed by atoms with E-state index in [0.717, 1.165) is 6.07 Å². The van der Waals surface area contributed by atoms with Gasteiger partial charge in [0.15, 0.2) is 0 Å². The highest BCUT2D eigenvalue weighted by Gasteiger charge is 2.14.